The molecule has 1 fully saturated rings. The summed E-state index contributed by atoms with van der Waals surface area (Å²) in [7, 11) is 1.70. The zero-order valence-corrected chi connectivity index (χ0v) is 13.5. The molecule has 1 aromatic carbocycles. The van der Waals surface area contributed by atoms with Crippen molar-refractivity contribution in [2.24, 2.45) is 0 Å². The molecule has 18 heavy (non-hydrogen) atoms. The van der Waals surface area contributed by atoms with Gasteiger partial charge in [-0.25, -0.2) is 0 Å². The van der Waals surface area contributed by atoms with Crippen LogP contribution < -0.4 is 10.1 Å². The van der Waals surface area contributed by atoms with Crippen LogP contribution in [-0.2, 0) is 11.3 Å². The molecule has 0 spiro atoms. The lowest BCUT2D eigenvalue weighted by molar-refractivity contribution is 0.0775. The topological polar surface area (TPSA) is 30.5 Å². The molecule has 0 amide bonds. The summed E-state index contributed by atoms with van der Waals surface area (Å²) in [6.07, 6.45) is 2.16. The third-order valence-electron chi connectivity index (χ3n) is 3.09. The van der Waals surface area contributed by atoms with E-state index in [2.05, 4.69) is 43.2 Å². The van der Waals surface area contributed by atoms with Crippen LogP contribution in [0.25, 0.3) is 0 Å². The van der Waals surface area contributed by atoms with E-state index < -0.39 is 0 Å². The molecule has 5 heteroatoms. The summed E-state index contributed by atoms with van der Waals surface area (Å²) in [5.41, 5.74) is 1.16. The number of halogens is 2. The van der Waals surface area contributed by atoms with Crippen molar-refractivity contribution in [2.45, 2.75) is 25.4 Å². The lowest BCUT2D eigenvalue weighted by Crippen LogP contribution is -2.34. The Kier molecular flexibility index (Phi) is 5.48. The standard InChI is InChI=1S/C13H17Br2NO2/c1-17-13-9(6-10(14)7-12(13)15)8-16-11-2-4-18-5-3-11/h6-7,11,16H,2-5,8H2,1H3. The first-order valence-electron chi connectivity index (χ1n) is 6.03. The molecule has 0 saturated carbocycles. The number of hydrogen-bond donors (Lipinski definition) is 1. The molecule has 1 N–H and O–H groups in total. The fourth-order valence-corrected chi connectivity index (χ4v) is 3.61. The summed E-state index contributed by atoms with van der Waals surface area (Å²) in [6.45, 7) is 2.53. The Balaban J connectivity index is 2.03. The monoisotopic (exact) mass is 377 g/mol. The van der Waals surface area contributed by atoms with Gasteiger partial charge in [0, 0.05) is 35.8 Å². The lowest BCUT2D eigenvalue weighted by Gasteiger charge is -2.23. The first-order chi connectivity index (χ1) is 8.70. The predicted octanol–water partition coefficient (Wildman–Crippen LogP) is 3.49. The third-order valence-corrected chi connectivity index (χ3v) is 4.14. The molecule has 1 heterocycles. The quantitative estimate of drug-likeness (QED) is 0.869. The Bertz CT molecular complexity index is 406. The van der Waals surface area contributed by atoms with Gasteiger partial charge in [0.2, 0.25) is 0 Å². The molecule has 100 valence electrons. The summed E-state index contributed by atoms with van der Waals surface area (Å²) in [5, 5.41) is 3.57. The van der Waals surface area contributed by atoms with Crippen LogP contribution in [0.1, 0.15) is 18.4 Å². The fourth-order valence-electron chi connectivity index (χ4n) is 2.13. The molecule has 0 aromatic heterocycles. The highest BCUT2D eigenvalue weighted by Crippen LogP contribution is 2.32. The molecule has 3 nitrogen and oxygen atoms in total. The van der Waals surface area contributed by atoms with Crippen molar-refractivity contribution in [3.8, 4) is 5.75 Å². The number of nitrogens with one attached hydrogen (secondary N) is 1. The lowest BCUT2D eigenvalue weighted by atomic mass is 10.1. The number of hydrogen-bond acceptors (Lipinski definition) is 3. The van der Waals surface area contributed by atoms with Crippen molar-refractivity contribution in [1.82, 2.24) is 5.32 Å². The molecule has 0 bridgehead atoms. The molecule has 1 saturated heterocycles. The SMILES string of the molecule is COc1c(Br)cc(Br)cc1CNC1CCOCC1. The van der Waals surface area contributed by atoms with E-state index in [-0.39, 0.29) is 0 Å². The van der Waals surface area contributed by atoms with E-state index in [1.54, 1.807) is 7.11 Å². The van der Waals surface area contributed by atoms with E-state index in [9.17, 15) is 0 Å². The smallest absolute Gasteiger partial charge is 0.137 e. The number of rotatable bonds is 4. The maximum atomic E-state index is 5.44. The second-order valence-electron chi connectivity index (χ2n) is 4.35. The third kappa shape index (κ3) is 3.70. The first kappa shape index (κ1) is 14.3. The van der Waals surface area contributed by atoms with Gasteiger partial charge >= 0.3 is 0 Å². The minimum atomic E-state index is 0.543. The number of benzene rings is 1. The highest BCUT2D eigenvalue weighted by atomic mass is 79.9. The van der Waals surface area contributed by atoms with Crippen LogP contribution in [0, 0.1) is 0 Å². The average Bonchev–Trinajstić information content (AvgIpc) is 2.37. The van der Waals surface area contributed by atoms with E-state index in [1.807, 2.05) is 6.07 Å². The molecule has 1 aliphatic rings. The molecule has 2 rings (SSSR count). The van der Waals surface area contributed by atoms with Crippen LogP contribution in [0.3, 0.4) is 0 Å². The van der Waals surface area contributed by atoms with E-state index in [0.29, 0.717) is 6.04 Å². The minimum absolute atomic E-state index is 0.543. The van der Waals surface area contributed by atoms with Crippen molar-refractivity contribution >= 4 is 31.9 Å². The Hall–Kier alpha value is -0.100. The maximum absolute atomic E-state index is 5.44. The van der Waals surface area contributed by atoms with E-state index in [1.165, 1.54) is 0 Å². The van der Waals surface area contributed by atoms with Crippen LogP contribution in [0.2, 0.25) is 0 Å². The van der Waals surface area contributed by atoms with Crippen LogP contribution in [0.4, 0.5) is 0 Å². The van der Waals surface area contributed by atoms with Crippen molar-refractivity contribution in [1.29, 1.82) is 0 Å². The van der Waals surface area contributed by atoms with Crippen molar-refractivity contribution in [3.63, 3.8) is 0 Å². The molecule has 0 unspecified atom stereocenters. The van der Waals surface area contributed by atoms with Crippen molar-refractivity contribution < 1.29 is 9.47 Å². The second-order valence-corrected chi connectivity index (χ2v) is 6.12. The van der Waals surface area contributed by atoms with Crippen LogP contribution in [0.5, 0.6) is 5.75 Å². The second kappa shape index (κ2) is 6.89. The average molecular weight is 379 g/mol. The molecule has 0 radical (unpaired) electrons. The minimum Gasteiger partial charge on any atom is -0.495 e. The molecule has 1 aromatic rings. The van der Waals surface area contributed by atoms with Gasteiger partial charge in [-0.15, -0.1) is 0 Å². The van der Waals surface area contributed by atoms with Gasteiger partial charge in [0.15, 0.2) is 0 Å². The summed E-state index contributed by atoms with van der Waals surface area (Å²) in [6, 6.07) is 4.63. The number of ether oxygens (including phenoxy) is 2. The van der Waals surface area contributed by atoms with Crippen molar-refractivity contribution in [3.05, 3.63) is 26.6 Å². The molecule has 0 aliphatic carbocycles. The Morgan fingerprint density at radius 2 is 2.06 bits per heavy atom. The Labute approximate surface area is 124 Å². The number of methoxy groups -OCH3 is 1. The van der Waals surface area contributed by atoms with Crippen LogP contribution in [0.15, 0.2) is 21.1 Å². The highest BCUT2D eigenvalue weighted by Gasteiger charge is 2.15. The van der Waals surface area contributed by atoms with Gasteiger partial charge in [-0.2, -0.15) is 0 Å². The van der Waals surface area contributed by atoms with Gasteiger partial charge in [-0.3, -0.25) is 0 Å². The predicted molar refractivity (Wildman–Crippen MR) is 79.1 cm³/mol. The molecule has 1 aliphatic heterocycles. The van der Waals surface area contributed by atoms with Gasteiger partial charge in [0.1, 0.15) is 5.75 Å². The van der Waals surface area contributed by atoms with E-state index in [0.717, 1.165) is 52.9 Å². The molecular weight excluding hydrogens is 362 g/mol. The van der Waals surface area contributed by atoms with Gasteiger partial charge < -0.3 is 14.8 Å². The van der Waals surface area contributed by atoms with Crippen LogP contribution >= 0.6 is 31.9 Å². The highest BCUT2D eigenvalue weighted by molar-refractivity contribution is 9.11. The fraction of sp³-hybridized carbons (Fsp3) is 0.538. The zero-order chi connectivity index (χ0) is 13.0. The normalized spacial score (nSPS) is 16.8. The van der Waals surface area contributed by atoms with Gasteiger partial charge in [0.25, 0.3) is 0 Å². The van der Waals surface area contributed by atoms with E-state index >= 15 is 0 Å². The first-order valence-corrected chi connectivity index (χ1v) is 7.62. The molecule has 0 atom stereocenters. The Morgan fingerprint density at radius 3 is 2.72 bits per heavy atom. The summed E-state index contributed by atoms with van der Waals surface area (Å²) in [5.74, 6) is 0.901. The van der Waals surface area contributed by atoms with E-state index in [4.69, 9.17) is 9.47 Å². The summed E-state index contributed by atoms with van der Waals surface area (Å²) in [4.78, 5) is 0. The maximum Gasteiger partial charge on any atom is 0.137 e. The summed E-state index contributed by atoms with van der Waals surface area (Å²) < 4.78 is 12.8. The van der Waals surface area contributed by atoms with Gasteiger partial charge in [-0.1, -0.05) is 15.9 Å². The largest absolute Gasteiger partial charge is 0.495 e. The Morgan fingerprint density at radius 1 is 1.33 bits per heavy atom. The van der Waals surface area contributed by atoms with Crippen LogP contribution in [-0.4, -0.2) is 26.4 Å². The molecular formula is C13H17Br2NO2. The zero-order valence-electron chi connectivity index (χ0n) is 10.3. The summed E-state index contributed by atoms with van der Waals surface area (Å²) >= 11 is 7.03. The van der Waals surface area contributed by atoms with Gasteiger partial charge in [0.05, 0.1) is 11.6 Å². The van der Waals surface area contributed by atoms with Crippen molar-refractivity contribution in [2.75, 3.05) is 20.3 Å². The van der Waals surface area contributed by atoms with Gasteiger partial charge in [-0.05, 0) is 40.9 Å².